The van der Waals surface area contributed by atoms with Crippen molar-refractivity contribution < 1.29 is 10.3 Å². The number of phenols is 1. The van der Waals surface area contributed by atoms with E-state index in [1.807, 2.05) is 30.9 Å². The van der Waals surface area contributed by atoms with Crippen LogP contribution in [-0.4, -0.2) is 34.2 Å². The van der Waals surface area contributed by atoms with E-state index in [1.165, 1.54) is 0 Å². The third-order valence-electron chi connectivity index (χ3n) is 3.52. The number of nitrogens with two attached hydrogens (primary N) is 1. The highest BCUT2D eigenvalue weighted by Gasteiger charge is 2.16. The second-order valence-corrected chi connectivity index (χ2v) is 5.00. The minimum Gasteiger partial charge on any atom is -0.508 e. The summed E-state index contributed by atoms with van der Waals surface area (Å²) in [5.74, 6) is 1.07. The summed E-state index contributed by atoms with van der Waals surface area (Å²) in [5.41, 5.74) is 5.65. The SMILES string of the molecule is CCN(CC(C)/C(N)=N/O)c1nccc2ccc(O)cc12. The van der Waals surface area contributed by atoms with Gasteiger partial charge in [0.15, 0.2) is 0 Å². The van der Waals surface area contributed by atoms with Gasteiger partial charge >= 0.3 is 0 Å². The zero-order valence-corrected chi connectivity index (χ0v) is 12.2. The number of nitrogens with zero attached hydrogens (tertiary/aromatic N) is 3. The van der Waals surface area contributed by atoms with Gasteiger partial charge in [-0.3, -0.25) is 0 Å². The molecular weight excluding hydrogens is 268 g/mol. The van der Waals surface area contributed by atoms with Gasteiger partial charge < -0.3 is 20.9 Å². The number of rotatable bonds is 5. The van der Waals surface area contributed by atoms with Crippen LogP contribution in [0.3, 0.4) is 0 Å². The number of phenolic OH excluding ortho intramolecular Hbond substituents is 1. The van der Waals surface area contributed by atoms with E-state index in [9.17, 15) is 5.11 Å². The van der Waals surface area contributed by atoms with Crippen LogP contribution in [0.15, 0.2) is 35.6 Å². The quantitative estimate of drug-likeness (QED) is 0.339. The average Bonchev–Trinajstić information content (AvgIpc) is 2.51. The van der Waals surface area contributed by atoms with Crippen LogP contribution in [0.25, 0.3) is 10.8 Å². The molecule has 112 valence electrons. The molecule has 1 heterocycles. The van der Waals surface area contributed by atoms with Crippen molar-refractivity contribution in [2.24, 2.45) is 16.8 Å². The number of pyridine rings is 1. The molecule has 0 fully saturated rings. The smallest absolute Gasteiger partial charge is 0.143 e. The average molecular weight is 288 g/mol. The zero-order valence-electron chi connectivity index (χ0n) is 12.2. The van der Waals surface area contributed by atoms with E-state index in [2.05, 4.69) is 10.1 Å². The third kappa shape index (κ3) is 3.16. The molecule has 0 saturated heterocycles. The monoisotopic (exact) mass is 288 g/mol. The molecule has 1 aromatic carbocycles. The maximum atomic E-state index is 9.70. The van der Waals surface area contributed by atoms with Gasteiger partial charge in [0.05, 0.1) is 0 Å². The summed E-state index contributed by atoms with van der Waals surface area (Å²) < 4.78 is 0. The van der Waals surface area contributed by atoms with Gasteiger partial charge in [-0.1, -0.05) is 18.1 Å². The van der Waals surface area contributed by atoms with Crippen LogP contribution in [0, 0.1) is 5.92 Å². The fourth-order valence-electron chi connectivity index (χ4n) is 2.28. The van der Waals surface area contributed by atoms with Crippen LogP contribution >= 0.6 is 0 Å². The van der Waals surface area contributed by atoms with Crippen LogP contribution in [0.1, 0.15) is 13.8 Å². The number of benzene rings is 1. The molecule has 0 amide bonds. The van der Waals surface area contributed by atoms with Crippen molar-refractivity contribution in [3.05, 3.63) is 30.5 Å². The van der Waals surface area contributed by atoms with Gasteiger partial charge in [0.2, 0.25) is 0 Å². The molecule has 0 aliphatic rings. The fourth-order valence-corrected chi connectivity index (χ4v) is 2.28. The van der Waals surface area contributed by atoms with Crippen LogP contribution < -0.4 is 10.6 Å². The number of hydrogen-bond donors (Lipinski definition) is 3. The maximum absolute atomic E-state index is 9.70. The summed E-state index contributed by atoms with van der Waals surface area (Å²) in [6.07, 6.45) is 1.74. The highest BCUT2D eigenvalue weighted by molar-refractivity contribution is 5.93. The van der Waals surface area contributed by atoms with E-state index in [1.54, 1.807) is 18.3 Å². The fraction of sp³-hybridized carbons (Fsp3) is 0.333. The van der Waals surface area contributed by atoms with E-state index in [0.29, 0.717) is 6.54 Å². The summed E-state index contributed by atoms with van der Waals surface area (Å²) in [4.78, 5) is 6.48. The Kier molecular flexibility index (Phi) is 4.47. The van der Waals surface area contributed by atoms with E-state index in [0.717, 1.165) is 23.1 Å². The molecule has 0 bridgehead atoms. The van der Waals surface area contributed by atoms with Crippen LogP contribution in [0.5, 0.6) is 5.75 Å². The normalized spacial score (nSPS) is 13.3. The maximum Gasteiger partial charge on any atom is 0.143 e. The van der Waals surface area contributed by atoms with E-state index in [-0.39, 0.29) is 17.5 Å². The Morgan fingerprint density at radius 1 is 1.43 bits per heavy atom. The standard InChI is InChI=1S/C15H20N4O2/c1-3-19(9-10(2)14(16)18-21)15-13-8-12(20)5-4-11(13)6-7-17-15/h4-8,10,20-21H,3,9H2,1-2H3,(H2,16,18). The molecule has 1 atom stereocenters. The molecular formula is C15H20N4O2. The summed E-state index contributed by atoms with van der Waals surface area (Å²) in [6.45, 7) is 5.21. The number of hydrogen-bond acceptors (Lipinski definition) is 5. The van der Waals surface area contributed by atoms with Crippen LogP contribution in [0.4, 0.5) is 5.82 Å². The van der Waals surface area contributed by atoms with Crippen molar-refractivity contribution in [1.29, 1.82) is 0 Å². The number of amidine groups is 1. The first-order valence-electron chi connectivity index (χ1n) is 6.87. The molecule has 1 unspecified atom stereocenters. The number of aromatic nitrogens is 1. The molecule has 0 aliphatic heterocycles. The van der Waals surface area contributed by atoms with Gasteiger partial charge in [0.25, 0.3) is 0 Å². The molecule has 0 saturated carbocycles. The first-order valence-corrected chi connectivity index (χ1v) is 6.87. The summed E-state index contributed by atoms with van der Waals surface area (Å²) >= 11 is 0. The molecule has 4 N–H and O–H groups in total. The predicted molar refractivity (Wildman–Crippen MR) is 83.9 cm³/mol. The van der Waals surface area contributed by atoms with Crippen molar-refractivity contribution in [3.8, 4) is 5.75 Å². The molecule has 1 aromatic heterocycles. The zero-order chi connectivity index (χ0) is 15.4. The van der Waals surface area contributed by atoms with Gasteiger partial charge in [0.1, 0.15) is 17.4 Å². The Balaban J connectivity index is 2.40. The summed E-state index contributed by atoms with van der Waals surface area (Å²) in [6, 6.07) is 7.12. The van der Waals surface area contributed by atoms with Crippen LogP contribution in [0.2, 0.25) is 0 Å². The summed E-state index contributed by atoms with van der Waals surface area (Å²) in [5, 5.41) is 23.4. The molecule has 6 nitrogen and oxygen atoms in total. The van der Waals surface area contributed by atoms with Crippen LogP contribution in [-0.2, 0) is 0 Å². The highest BCUT2D eigenvalue weighted by atomic mass is 16.4. The Morgan fingerprint density at radius 2 is 2.19 bits per heavy atom. The molecule has 0 spiro atoms. The lowest BCUT2D eigenvalue weighted by Gasteiger charge is -2.26. The molecule has 0 radical (unpaired) electrons. The van der Waals surface area contributed by atoms with E-state index < -0.39 is 0 Å². The lowest BCUT2D eigenvalue weighted by atomic mass is 10.1. The lowest BCUT2D eigenvalue weighted by Crippen LogP contribution is -2.35. The lowest BCUT2D eigenvalue weighted by molar-refractivity contribution is 0.314. The minimum atomic E-state index is -0.107. The first kappa shape index (κ1) is 14.9. The van der Waals surface area contributed by atoms with Gasteiger partial charge in [-0.2, -0.15) is 0 Å². The van der Waals surface area contributed by atoms with Crippen molar-refractivity contribution in [2.45, 2.75) is 13.8 Å². The Morgan fingerprint density at radius 3 is 2.86 bits per heavy atom. The number of anilines is 1. The molecule has 2 rings (SSSR count). The second kappa shape index (κ2) is 6.30. The largest absolute Gasteiger partial charge is 0.508 e. The third-order valence-corrected chi connectivity index (χ3v) is 3.52. The molecule has 21 heavy (non-hydrogen) atoms. The van der Waals surface area contributed by atoms with Crippen molar-refractivity contribution in [3.63, 3.8) is 0 Å². The second-order valence-electron chi connectivity index (χ2n) is 5.00. The van der Waals surface area contributed by atoms with Crippen molar-refractivity contribution >= 4 is 22.4 Å². The first-order chi connectivity index (χ1) is 10.1. The Bertz CT molecular complexity index is 657. The Labute approximate surface area is 123 Å². The minimum absolute atomic E-state index is 0.107. The number of aromatic hydroxyl groups is 1. The molecule has 6 heteroatoms. The van der Waals surface area contributed by atoms with E-state index in [4.69, 9.17) is 10.9 Å². The van der Waals surface area contributed by atoms with Gasteiger partial charge in [-0.25, -0.2) is 4.98 Å². The summed E-state index contributed by atoms with van der Waals surface area (Å²) in [7, 11) is 0. The molecule has 2 aromatic rings. The predicted octanol–water partition coefficient (Wildman–Crippen LogP) is 2.15. The van der Waals surface area contributed by atoms with Gasteiger partial charge in [0, 0.05) is 30.6 Å². The van der Waals surface area contributed by atoms with Gasteiger partial charge in [-0.15, -0.1) is 0 Å². The Hall–Kier alpha value is -2.50. The number of fused-ring (bicyclic) bond motifs is 1. The van der Waals surface area contributed by atoms with Crippen molar-refractivity contribution in [1.82, 2.24) is 4.98 Å². The van der Waals surface area contributed by atoms with Gasteiger partial charge in [-0.05, 0) is 30.5 Å². The van der Waals surface area contributed by atoms with Crippen molar-refractivity contribution in [2.75, 3.05) is 18.0 Å². The number of oxime groups is 1. The molecule has 0 aliphatic carbocycles. The topological polar surface area (TPSA) is 95.0 Å². The van der Waals surface area contributed by atoms with E-state index >= 15 is 0 Å². The highest BCUT2D eigenvalue weighted by Crippen LogP contribution is 2.28.